The van der Waals surface area contributed by atoms with E-state index in [0.29, 0.717) is 29.2 Å². The van der Waals surface area contributed by atoms with Crippen molar-refractivity contribution in [2.45, 2.75) is 70.8 Å². The van der Waals surface area contributed by atoms with Gasteiger partial charge in [-0.25, -0.2) is 0 Å². The van der Waals surface area contributed by atoms with Crippen LogP contribution in [0.1, 0.15) is 85.4 Å². The number of rotatable bonds is 10. The van der Waals surface area contributed by atoms with E-state index in [2.05, 4.69) is 38.8 Å². The molecule has 0 bridgehead atoms. The molecule has 1 fully saturated rings. The maximum Gasteiger partial charge on any atom is 0.261 e. The summed E-state index contributed by atoms with van der Waals surface area (Å²) in [7, 11) is 0. The standard InChI is InChI=1S/C27H34BrN3O3S/c1-2-3-4-8-17-34-24-16-13-20(28)18-23(24)26(33)31-27(35)30-22-14-11-19(12-15-22)25(32)29-21-9-6-5-7-10-21/h11-16,18,21H,2-10,17H2,1H3,(H,29,32)(H2,30,31,33,35). The van der Waals surface area contributed by atoms with E-state index in [9.17, 15) is 9.59 Å². The number of benzene rings is 2. The Bertz CT molecular complexity index is 1010. The van der Waals surface area contributed by atoms with Gasteiger partial charge in [-0.3, -0.25) is 14.9 Å². The summed E-state index contributed by atoms with van der Waals surface area (Å²) in [5.41, 5.74) is 1.70. The molecule has 3 N–H and O–H groups in total. The SMILES string of the molecule is CCCCCCOc1ccc(Br)cc1C(=O)NC(=S)Nc1ccc(C(=O)NC2CCCCC2)cc1. The summed E-state index contributed by atoms with van der Waals surface area (Å²) in [5, 5.41) is 9.01. The summed E-state index contributed by atoms with van der Waals surface area (Å²) >= 11 is 8.76. The molecule has 6 nitrogen and oxygen atoms in total. The first-order valence-electron chi connectivity index (χ1n) is 12.4. The van der Waals surface area contributed by atoms with Gasteiger partial charge in [0, 0.05) is 21.8 Å². The number of hydrogen-bond acceptors (Lipinski definition) is 4. The van der Waals surface area contributed by atoms with Crippen molar-refractivity contribution in [2.75, 3.05) is 11.9 Å². The van der Waals surface area contributed by atoms with Crippen LogP contribution in [0.3, 0.4) is 0 Å². The smallest absolute Gasteiger partial charge is 0.261 e. The van der Waals surface area contributed by atoms with Crippen LogP contribution in [0.4, 0.5) is 5.69 Å². The lowest BCUT2D eigenvalue weighted by molar-refractivity contribution is 0.0926. The van der Waals surface area contributed by atoms with Crippen molar-refractivity contribution >= 4 is 50.8 Å². The minimum absolute atomic E-state index is 0.0591. The molecule has 1 aliphatic carbocycles. The Morgan fingerprint density at radius 1 is 1.00 bits per heavy atom. The average molecular weight is 561 g/mol. The van der Waals surface area contributed by atoms with Crippen molar-refractivity contribution in [2.24, 2.45) is 0 Å². The third-order valence-corrected chi connectivity index (χ3v) is 6.71. The van der Waals surface area contributed by atoms with Gasteiger partial charge in [-0.1, -0.05) is 61.4 Å². The molecule has 0 heterocycles. The topological polar surface area (TPSA) is 79.5 Å². The second kappa shape index (κ2) is 14.2. The highest BCUT2D eigenvalue weighted by molar-refractivity contribution is 9.10. The van der Waals surface area contributed by atoms with Gasteiger partial charge in [0.2, 0.25) is 0 Å². The zero-order valence-corrected chi connectivity index (χ0v) is 22.6. The predicted molar refractivity (Wildman–Crippen MR) is 148 cm³/mol. The normalized spacial score (nSPS) is 13.7. The molecule has 2 aromatic rings. The summed E-state index contributed by atoms with van der Waals surface area (Å²) in [5.74, 6) is 0.116. The zero-order chi connectivity index (χ0) is 25.0. The molecule has 2 aromatic carbocycles. The minimum Gasteiger partial charge on any atom is -0.493 e. The summed E-state index contributed by atoms with van der Waals surface area (Å²) in [6, 6.07) is 12.7. The number of ether oxygens (including phenoxy) is 1. The highest BCUT2D eigenvalue weighted by Crippen LogP contribution is 2.24. The monoisotopic (exact) mass is 559 g/mol. The van der Waals surface area contributed by atoms with Crippen LogP contribution < -0.4 is 20.7 Å². The number of thiocarbonyl (C=S) groups is 1. The van der Waals surface area contributed by atoms with Gasteiger partial charge in [-0.2, -0.15) is 0 Å². The van der Waals surface area contributed by atoms with E-state index in [1.165, 1.54) is 25.7 Å². The fourth-order valence-corrected chi connectivity index (χ4v) is 4.64. The van der Waals surface area contributed by atoms with Crippen molar-refractivity contribution in [1.29, 1.82) is 0 Å². The van der Waals surface area contributed by atoms with E-state index >= 15 is 0 Å². The molecular formula is C27H34BrN3O3S. The molecule has 0 unspecified atom stereocenters. The second-order valence-electron chi connectivity index (χ2n) is 8.84. The number of amides is 2. The number of carbonyl (C=O) groups excluding carboxylic acids is 2. The Morgan fingerprint density at radius 3 is 2.46 bits per heavy atom. The summed E-state index contributed by atoms with van der Waals surface area (Å²) in [6.45, 7) is 2.73. The molecule has 0 atom stereocenters. The van der Waals surface area contributed by atoms with E-state index in [1.54, 1.807) is 36.4 Å². The van der Waals surface area contributed by atoms with Crippen LogP contribution in [-0.2, 0) is 0 Å². The average Bonchev–Trinajstić information content (AvgIpc) is 2.85. The van der Waals surface area contributed by atoms with Gasteiger partial charge in [0.15, 0.2) is 5.11 Å². The minimum atomic E-state index is -0.351. The quantitative estimate of drug-likeness (QED) is 0.226. The molecule has 1 saturated carbocycles. The Kier molecular flexibility index (Phi) is 11.0. The van der Waals surface area contributed by atoms with Crippen molar-refractivity contribution in [3.63, 3.8) is 0 Å². The fraction of sp³-hybridized carbons (Fsp3) is 0.444. The summed E-state index contributed by atoms with van der Waals surface area (Å²) in [6.07, 6.45) is 10.1. The number of nitrogens with one attached hydrogen (secondary N) is 3. The molecule has 35 heavy (non-hydrogen) atoms. The van der Waals surface area contributed by atoms with Crippen molar-refractivity contribution < 1.29 is 14.3 Å². The number of hydrogen-bond donors (Lipinski definition) is 3. The van der Waals surface area contributed by atoms with Crippen LogP contribution >= 0.6 is 28.1 Å². The summed E-state index contributed by atoms with van der Waals surface area (Å²) in [4.78, 5) is 25.4. The van der Waals surface area contributed by atoms with Gasteiger partial charge in [-0.15, -0.1) is 0 Å². The number of unbranched alkanes of at least 4 members (excludes halogenated alkanes) is 3. The highest BCUT2D eigenvalue weighted by Gasteiger charge is 2.17. The van der Waals surface area contributed by atoms with Gasteiger partial charge < -0.3 is 15.4 Å². The van der Waals surface area contributed by atoms with Crippen LogP contribution in [0.25, 0.3) is 0 Å². The van der Waals surface area contributed by atoms with Crippen LogP contribution in [0.5, 0.6) is 5.75 Å². The van der Waals surface area contributed by atoms with Crippen LogP contribution in [0, 0.1) is 0 Å². The number of halogens is 1. The van der Waals surface area contributed by atoms with Crippen LogP contribution in [0.15, 0.2) is 46.9 Å². The van der Waals surface area contributed by atoms with Crippen molar-refractivity contribution in [3.8, 4) is 5.75 Å². The molecule has 0 aliphatic heterocycles. The second-order valence-corrected chi connectivity index (χ2v) is 10.2. The third-order valence-electron chi connectivity index (χ3n) is 6.01. The van der Waals surface area contributed by atoms with Crippen LogP contribution in [0.2, 0.25) is 0 Å². The lowest BCUT2D eigenvalue weighted by atomic mass is 9.95. The summed E-state index contributed by atoms with van der Waals surface area (Å²) < 4.78 is 6.65. The molecular weight excluding hydrogens is 526 g/mol. The molecule has 0 spiro atoms. The first kappa shape index (κ1) is 27.1. The van der Waals surface area contributed by atoms with Crippen LogP contribution in [-0.4, -0.2) is 29.6 Å². The molecule has 1 aliphatic rings. The molecule has 8 heteroatoms. The molecule has 3 rings (SSSR count). The first-order valence-corrected chi connectivity index (χ1v) is 13.6. The van der Waals surface area contributed by atoms with Gasteiger partial charge in [-0.05, 0) is 73.9 Å². The maximum absolute atomic E-state index is 12.9. The van der Waals surface area contributed by atoms with E-state index < -0.39 is 0 Å². The lowest BCUT2D eigenvalue weighted by Gasteiger charge is -2.22. The van der Waals surface area contributed by atoms with E-state index in [0.717, 1.165) is 36.6 Å². The molecule has 0 aromatic heterocycles. The number of carbonyl (C=O) groups is 2. The van der Waals surface area contributed by atoms with E-state index in [-0.39, 0.29) is 23.0 Å². The zero-order valence-electron chi connectivity index (χ0n) is 20.2. The van der Waals surface area contributed by atoms with Crippen molar-refractivity contribution in [1.82, 2.24) is 10.6 Å². The Labute approximate surface area is 221 Å². The van der Waals surface area contributed by atoms with E-state index in [1.807, 2.05) is 6.07 Å². The fourth-order valence-electron chi connectivity index (χ4n) is 4.07. The van der Waals surface area contributed by atoms with Crippen molar-refractivity contribution in [3.05, 3.63) is 58.1 Å². The highest BCUT2D eigenvalue weighted by atomic mass is 79.9. The largest absolute Gasteiger partial charge is 0.493 e. The van der Waals surface area contributed by atoms with Gasteiger partial charge >= 0.3 is 0 Å². The Hall–Kier alpha value is -2.45. The van der Waals surface area contributed by atoms with Gasteiger partial charge in [0.05, 0.1) is 12.2 Å². The Balaban J connectivity index is 1.53. The molecule has 0 saturated heterocycles. The third kappa shape index (κ3) is 8.93. The molecule has 0 radical (unpaired) electrons. The number of anilines is 1. The predicted octanol–water partition coefficient (Wildman–Crippen LogP) is 6.60. The Morgan fingerprint density at radius 2 is 1.74 bits per heavy atom. The van der Waals surface area contributed by atoms with E-state index in [4.69, 9.17) is 17.0 Å². The molecule has 2 amide bonds. The first-order chi connectivity index (χ1) is 17.0. The molecule has 188 valence electrons. The maximum atomic E-state index is 12.9. The lowest BCUT2D eigenvalue weighted by Crippen LogP contribution is -2.36. The van der Waals surface area contributed by atoms with Gasteiger partial charge in [0.1, 0.15) is 5.75 Å². The van der Waals surface area contributed by atoms with Gasteiger partial charge in [0.25, 0.3) is 11.8 Å².